The highest BCUT2D eigenvalue weighted by atomic mass is 35.5. The summed E-state index contributed by atoms with van der Waals surface area (Å²) in [6.45, 7) is 5.51. The van der Waals surface area contributed by atoms with Gasteiger partial charge in [0.05, 0.1) is 33.3 Å². The molecule has 0 saturated heterocycles. The van der Waals surface area contributed by atoms with Crippen molar-refractivity contribution in [3.63, 3.8) is 0 Å². The fraction of sp³-hybridized carbons (Fsp3) is 0.278. The molecule has 146 valence electrons. The van der Waals surface area contributed by atoms with E-state index in [1.165, 1.54) is 19.1 Å². The van der Waals surface area contributed by atoms with Crippen LogP contribution in [0.3, 0.4) is 0 Å². The van der Waals surface area contributed by atoms with E-state index in [1.807, 2.05) is 6.92 Å². The van der Waals surface area contributed by atoms with Gasteiger partial charge in [-0.2, -0.15) is 4.72 Å². The molecule has 9 heteroatoms. The summed E-state index contributed by atoms with van der Waals surface area (Å²) in [5.41, 5.74) is 0.986. The third-order valence-corrected chi connectivity index (χ3v) is 6.05. The molecule has 27 heavy (non-hydrogen) atoms. The van der Waals surface area contributed by atoms with Gasteiger partial charge in [-0.15, -0.1) is 0 Å². The summed E-state index contributed by atoms with van der Waals surface area (Å²) < 4.78 is 32.9. The van der Waals surface area contributed by atoms with Crippen molar-refractivity contribution < 1.29 is 17.9 Å². The minimum atomic E-state index is -3.89. The molecule has 2 aromatic rings. The third kappa shape index (κ3) is 5.35. The van der Waals surface area contributed by atoms with Crippen LogP contribution in [0.25, 0.3) is 0 Å². The molecule has 0 unspecified atom stereocenters. The third-order valence-electron chi connectivity index (χ3n) is 3.69. The van der Waals surface area contributed by atoms with Gasteiger partial charge >= 0.3 is 0 Å². The molecule has 0 saturated carbocycles. The van der Waals surface area contributed by atoms with E-state index in [2.05, 4.69) is 10.0 Å². The number of amides is 1. The number of ether oxygens (including phenoxy) is 1. The summed E-state index contributed by atoms with van der Waals surface area (Å²) in [5.74, 6) is 0.0447. The number of hydrogen-bond acceptors (Lipinski definition) is 4. The number of hydrogen-bond donors (Lipinski definition) is 2. The van der Waals surface area contributed by atoms with Crippen molar-refractivity contribution in [2.75, 3.05) is 11.9 Å². The molecule has 0 fully saturated rings. The van der Waals surface area contributed by atoms with Crippen LogP contribution in [-0.2, 0) is 14.8 Å². The van der Waals surface area contributed by atoms with Crippen molar-refractivity contribution >= 4 is 44.8 Å². The van der Waals surface area contributed by atoms with Crippen LogP contribution >= 0.6 is 23.2 Å². The second-order valence-electron chi connectivity index (χ2n) is 5.79. The lowest BCUT2D eigenvalue weighted by molar-refractivity contribution is -0.117. The zero-order valence-electron chi connectivity index (χ0n) is 15.0. The lowest BCUT2D eigenvalue weighted by Crippen LogP contribution is -2.41. The van der Waals surface area contributed by atoms with Crippen molar-refractivity contribution in [1.82, 2.24) is 4.72 Å². The largest absolute Gasteiger partial charge is 0.494 e. The van der Waals surface area contributed by atoms with Crippen LogP contribution in [-0.4, -0.2) is 27.0 Å². The Bertz CT molecular complexity index is 948. The van der Waals surface area contributed by atoms with Crippen LogP contribution in [0.4, 0.5) is 5.69 Å². The van der Waals surface area contributed by atoms with Gasteiger partial charge in [-0.3, -0.25) is 4.79 Å². The number of nitrogens with one attached hydrogen (secondary N) is 2. The first-order valence-corrected chi connectivity index (χ1v) is 10.4. The van der Waals surface area contributed by atoms with Crippen molar-refractivity contribution in [2.45, 2.75) is 31.7 Å². The van der Waals surface area contributed by atoms with Gasteiger partial charge in [-0.05, 0) is 56.7 Å². The lowest BCUT2D eigenvalue weighted by atomic mass is 10.2. The van der Waals surface area contributed by atoms with Gasteiger partial charge in [-0.1, -0.05) is 29.3 Å². The van der Waals surface area contributed by atoms with Gasteiger partial charge in [0.1, 0.15) is 5.75 Å². The second kappa shape index (κ2) is 8.93. The molecule has 0 aliphatic carbocycles. The van der Waals surface area contributed by atoms with Crippen LogP contribution in [0, 0.1) is 6.92 Å². The summed E-state index contributed by atoms with van der Waals surface area (Å²) in [6, 6.07) is 8.26. The smallest absolute Gasteiger partial charge is 0.242 e. The topological polar surface area (TPSA) is 84.5 Å². The van der Waals surface area contributed by atoms with Gasteiger partial charge in [0, 0.05) is 0 Å². The Morgan fingerprint density at radius 1 is 1.22 bits per heavy atom. The monoisotopic (exact) mass is 430 g/mol. The molecule has 0 aromatic heterocycles. The van der Waals surface area contributed by atoms with Crippen LogP contribution in [0.2, 0.25) is 10.0 Å². The first kappa shape index (κ1) is 21.5. The zero-order chi connectivity index (χ0) is 20.2. The van der Waals surface area contributed by atoms with E-state index in [0.29, 0.717) is 23.6 Å². The number of benzene rings is 2. The number of carbonyl (C=O) groups excluding carboxylic acids is 1. The van der Waals surface area contributed by atoms with Gasteiger partial charge < -0.3 is 10.1 Å². The van der Waals surface area contributed by atoms with Crippen molar-refractivity contribution in [3.05, 3.63) is 52.0 Å². The zero-order valence-corrected chi connectivity index (χ0v) is 17.4. The van der Waals surface area contributed by atoms with Crippen LogP contribution < -0.4 is 14.8 Å². The van der Waals surface area contributed by atoms with Gasteiger partial charge in [0.15, 0.2) is 0 Å². The van der Waals surface area contributed by atoms with E-state index in [4.69, 9.17) is 27.9 Å². The van der Waals surface area contributed by atoms with Crippen LogP contribution in [0.1, 0.15) is 19.4 Å². The first-order chi connectivity index (χ1) is 12.7. The molecule has 2 aromatic carbocycles. The van der Waals surface area contributed by atoms with Crippen molar-refractivity contribution in [2.24, 2.45) is 0 Å². The standard InChI is InChI=1S/C18H20Cl2N2O4S/c1-4-26-16-9-8-13(10-11(16)2)27(24,25)22-12(3)18(23)21-15-7-5-6-14(19)17(15)20/h5-10,12,22H,4H2,1-3H3,(H,21,23)/t12-/m1/s1. The highest BCUT2D eigenvalue weighted by molar-refractivity contribution is 7.89. The average molecular weight is 431 g/mol. The van der Waals surface area contributed by atoms with Crippen LogP contribution in [0.5, 0.6) is 5.75 Å². The maximum atomic E-state index is 12.6. The Hall–Kier alpha value is -1.80. The Labute approximate surface area is 168 Å². The molecule has 0 radical (unpaired) electrons. The molecule has 2 rings (SSSR count). The van der Waals surface area contributed by atoms with Gasteiger partial charge in [-0.25, -0.2) is 8.42 Å². The number of carbonyl (C=O) groups is 1. The summed E-state index contributed by atoms with van der Waals surface area (Å²) >= 11 is 11.9. The Morgan fingerprint density at radius 2 is 1.93 bits per heavy atom. The van der Waals surface area contributed by atoms with Crippen molar-refractivity contribution in [3.8, 4) is 5.75 Å². The number of halogens is 2. The average Bonchev–Trinajstić information content (AvgIpc) is 2.60. The second-order valence-corrected chi connectivity index (χ2v) is 8.29. The highest BCUT2D eigenvalue weighted by Crippen LogP contribution is 2.29. The molecule has 1 atom stereocenters. The number of aryl methyl sites for hydroxylation is 1. The van der Waals surface area contributed by atoms with Gasteiger partial charge in [0.2, 0.25) is 15.9 Å². The minimum Gasteiger partial charge on any atom is -0.494 e. The Balaban J connectivity index is 2.13. The Kier molecular flexibility index (Phi) is 7.11. The fourth-order valence-electron chi connectivity index (χ4n) is 2.30. The molecule has 0 heterocycles. The molecule has 0 aliphatic heterocycles. The van der Waals surface area contributed by atoms with Gasteiger partial charge in [0.25, 0.3) is 0 Å². The molecule has 6 nitrogen and oxygen atoms in total. The van der Waals surface area contributed by atoms with E-state index in [0.717, 1.165) is 0 Å². The van der Waals surface area contributed by atoms with E-state index in [9.17, 15) is 13.2 Å². The predicted octanol–water partition coefficient (Wildman–Crippen LogP) is 4.01. The predicted molar refractivity (Wildman–Crippen MR) is 107 cm³/mol. The van der Waals surface area contributed by atoms with E-state index >= 15 is 0 Å². The number of anilines is 1. The van der Waals surface area contributed by atoms with Crippen molar-refractivity contribution in [1.29, 1.82) is 0 Å². The van der Waals surface area contributed by atoms with E-state index < -0.39 is 22.0 Å². The highest BCUT2D eigenvalue weighted by Gasteiger charge is 2.23. The van der Waals surface area contributed by atoms with E-state index in [1.54, 1.807) is 31.2 Å². The number of sulfonamides is 1. The SMILES string of the molecule is CCOc1ccc(S(=O)(=O)N[C@H](C)C(=O)Nc2cccc(Cl)c2Cl)cc1C. The first-order valence-electron chi connectivity index (χ1n) is 8.16. The fourth-order valence-corrected chi connectivity index (χ4v) is 3.94. The Morgan fingerprint density at radius 3 is 2.56 bits per heavy atom. The van der Waals surface area contributed by atoms with Crippen LogP contribution in [0.15, 0.2) is 41.3 Å². The molecule has 1 amide bonds. The molecular formula is C18H20Cl2N2O4S. The lowest BCUT2D eigenvalue weighted by Gasteiger charge is -2.16. The molecule has 0 bridgehead atoms. The summed E-state index contributed by atoms with van der Waals surface area (Å²) in [6.07, 6.45) is 0. The maximum absolute atomic E-state index is 12.6. The summed E-state index contributed by atoms with van der Waals surface area (Å²) in [4.78, 5) is 12.4. The number of rotatable bonds is 7. The molecular weight excluding hydrogens is 411 g/mol. The van der Waals surface area contributed by atoms with E-state index in [-0.39, 0.29) is 14.9 Å². The maximum Gasteiger partial charge on any atom is 0.242 e. The molecule has 2 N–H and O–H groups in total. The molecule has 0 aliphatic rings. The summed E-state index contributed by atoms with van der Waals surface area (Å²) in [7, 11) is -3.89. The minimum absolute atomic E-state index is 0.0453. The quantitative estimate of drug-likeness (QED) is 0.694. The molecule has 0 spiro atoms. The normalized spacial score (nSPS) is 12.5. The summed E-state index contributed by atoms with van der Waals surface area (Å²) in [5, 5.41) is 3.03.